The maximum Gasteiger partial charge on any atom is 0.404 e. The fourth-order valence-corrected chi connectivity index (χ4v) is 1.55. The van der Waals surface area contributed by atoms with Crippen LogP contribution in [0.5, 0.6) is 0 Å². The van der Waals surface area contributed by atoms with Crippen LogP contribution in [0.25, 0.3) is 0 Å². The van der Waals surface area contributed by atoms with E-state index in [9.17, 15) is 4.79 Å². The number of rotatable bonds is 5. The summed E-state index contributed by atoms with van der Waals surface area (Å²) in [5.41, 5.74) is 6.65. The van der Waals surface area contributed by atoms with Gasteiger partial charge in [0, 0.05) is 25.7 Å². The zero-order valence-electron chi connectivity index (χ0n) is 9.29. The molecular weight excluding hydrogens is 232 g/mol. The lowest BCUT2D eigenvalue weighted by Gasteiger charge is -2.04. The predicted octanol–water partition coefficient (Wildman–Crippen LogP) is 0.567. The average molecular weight is 247 g/mol. The van der Waals surface area contributed by atoms with Crippen molar-refractivity contribution in [1.29, 1.82) is 0 Å². The lowest BCUT2D eigenvalue weighted by molar-refractivity contribution is 0.157. The largest absolute Gasteiger partial charge is 0.448 e. The van der Waals surface area contributed by atoms with Crippen LogP contribution in [0.3, 0.4) is 0 Å². The summed E-state index contributed by atoms with van der Waals surface area (Å²) in [5, 5.41) is 7.87. The van der Waals surface area contributed by atoms with Crippen LogP contribution in [0.1, 0.15) is 11.3 Å². The molecule has 0 bridgehead atoms. The minimum Gasteiger partial charge on any atom is -0.448 e. The Morgan fingerprint density at radius 1 is 1.69 bits per heavy atom. The van der Waals surface area contributed by atoms with E-state index < -0.39 is 6.09 Å². The second-order valence-electron chi connectivity index (χ2n) is 3.32. The van der Waals surface area contributed by atoms with E-state index in [4.69, 9.17) is 17.3 Å². The number of nitrogens with one attached hydrogen (secondary N) is 1. The molecule has 0 aliphatic heterocycles. The van der Waals surface area contributed by atoms with E-state index in [0.29, 0.717) is 18.2 Å². The highest BCUT2D eigenvalue weighted by Gasteiger charge is 2.09. The normalized spacial score (nSPS) is 10.4. The summed E-state index contributed by atoms with van der Waals surface area (Å²) in [6.45, 7) is 3.24. The van der Waals surface area contributed by atoms with Crippen LogP contribution in [-0.4, -0.2) is 29.0 Å². The number of aromatic nitrogens is 2. The third kappa shape index (κ3) is 3.39. The van der Waals surface area contributed by atoms with Crippen molar-refractivity contribution in [1.82, 2.24) is 15.1 Å². The molecule has 0 aliphatic carbocycles. The minimum absolute atomic E-state index is 0.242. The van der Waals surface area contributed by atoms with E-state index in [1.807, 2.05) is 6.92 Å². The summed E-state index contributed by atoms with van der Waals surface area (Å²) >= 11 is 6.03. The predicted molar refractivity (Wildman–Crippen MR) is 60.2 cm³/mol. The van der Waals surface area contributed by atoms with Crippen LogP contribution in [0.15, 0.2) is 0 Å². The van der Waals surface area contributed by atoms with Crippen molar-refractivity contribution in [2.75, 3.05) is 13.2 Å². The molecule has 90 valence electrons. The van der Waals surface area contributed by atoms with E-state index in [1.54, 1.807) is 11.7 Å². The SMILES string of the molecule is Cc1nn(C)c(Cl)c1CNCCOC(N)=O. The maximum absolute atomic E-state index is 10.3. The van der Waals surface area contributed by atoms with Crippen molar-refractivity contribution in [3.05, 3.63) is 16.4 Å². The van der Waals surface area contributed by atoms with Gasteiger partial charge in [0.05, 0.1) is 5.69 Å². The zero-order chi connectivity index (χ0) is 12.1. The fourth-order valence-electron chi connectivity index (χ4n) is 1.31. The van der Waals surface area contributed by atoms with Gasteiger partial charge in [0.15, 0.2) is 0 Å². The second-order valence-corrected chi connectivity index (χ2v) is 3.68. The lowest BCUT2D eigenvalue weighted by atomic mass is 10.2. The highest BCUT2D eigenvalue weighted by atomic mass is 35.5. The molecule has 0 fully saturated rings. The lowest BCUT2D eigenvalue weighted by Crippen LogP contribution is -2.23. The molecule has 0 unspecified atom stereocenters. The molecular formula is C9H15ClN4O2. The van der Waals surface area contributed by atoms with Gasteiger partial charge in [-0.15, -0.1) is 0 Å². The summed E-state index contributed by atoms with van der Waals surface area (Å²) < 4.78 is 6.19. The molecule has 0 saturated heterocycles. The molecule has 7 heteroatoms. The number of ether oxygens (including phenoxy) is 1. The summed E-state index contributed by atoms with van der Waals surface area (Å²) in [5.74, 6) is 0. The third-order valence-electron chi connectivity index (χ3n) is 2.09. The highest BCUT2D eigenvalue weighted by Crippen LogP contribution is 2.17. The van der Waals surface area contributed by atoms with Crippen molar-refractivity contribution in [2.45, 2.75) is 13.5 Å². The molecule has 0 aliphatic rings. The Labute approximate surface area is 98.7 Å². The molecule has 1 heterocycles. The van der Waals surface area contributed by atoms with Crippen LogP contribution in [0.4, 0.5) is 4.79 Å². The molecule has 1 amide bonds. The third-order valence-corrected chi connectivity index (χ3v) is 2.57. The molecule has 6 nitrogen and oxygen atoms in total. The van der Waals surface area contributed by atoms with Crippen molar-refractivity contribution >= 4 is 17.7 Å². The molecule has 1 aromatic rings. The van der Waals surface area contributed by atoms with Gasteiger partial charge in [0.1, 0.15) is 11.8 Å². The van der Waals surface area contributed by atoms with Gasteiger partial charge in [-0.3, -0.25) is 4.68 Å². The number of halogens is 1. The number of nitrogens with zero attached hydrogens (tertiary/aromatic N) is 2. The smallest absolute Gasteiger partial charge is 0.404 e. The Balaban J connectivity index is 2.34. The Morgan fingerprint density at radius 2 is 2.38 bits per heavy atom. The fraction of sp³-hybridized carbons (Fsp3) is 0.556. The molecule has 0 aromatic carbocycles. The standard InChI is InChI=1S/C9H15ClN4O2/c1-6-7(8(10)14(2)13-6)5-12-3-4-16-9(11)15/h12H,3-5H2,1-2H3,(H2,11,15). The molecule has 0 spiro atoms. The van der Waals surface area contributed by atoms with E-state index in [2.05, 4.69) is 15.2 Å². The van der Waals surface area contributed by atoms with E-state index in [-0.39, 0.29) is 6.61 Å². The number of carbonyl (C=O) groups is 1. The number of hydrogen-bond donors (Lipinski definition) is 2. The maximum atomic E-state index is 10.3. The molecule has 0 saturated carbocycles. The van der Waals surface area contributed by atoms with Crippen LogP contribution in [-0.2, 0) is 18.3 Å². The van der Waals surface area contributed by atoms with Crippen molar-refractivity contribution in [3.63, 3.8) is 0 Å². The molecule has 0 atom stereocenters. The Bertz CT molecular complexity index is 378. The van der Waals surface area contributed by atoms with Crippen molar-refractivity contribution in [2.24, 2.45) is 12.8 Å². The van der Waals surface area contributed by atoms with Gasteiger partial charge in [-0.2, -0.15) is 5.10 Å². The zero-order valence-corrected chi connectivity index (χ0v) is 10.0. The van der Waals surface area contributed by atoms with E-state index in [1.165, 1.54) is 0 Å². The monoisotopic (exact) mass is 246 g/mol. The first-order valence-electron chi connectivity index (χ1n) is 4.83. The van der Waals surface area contributed by atoms with Crippen LogP contribution in [0.2, 0.25) is 5.15 Å². The van der Waals surface area contributed by atoms with Crippen molar-refractivity contribution < 1.29 is 9.53 Å². The molecule has 1 aromatic heterocycles. The Kier molecular flexibility index (Phi) is 4.57. The number of carbonyl (C=O) groups excluding carboxylic acids is 1. The van der Waals surface area contributed by atoms with Gasteiger partial charge in [-0.25, -0.2) is 4.79 Å². The number of nitrogens with two attached hydrogens (primary N) is 1. The number of hydrogen-bond acceptors (Lipinski definition) is 4. The first-order chi connectivity index (χ1) is 7.52. The summed E-state index contributed by atoms with van der Waals surface area (Å²) in [6.07, 6.45) is -0.766. The van der Waals surface area contributed by atoms with Crippen LogP contribution < -0.4 is 11.1 Å². The minimum atomic E-state index is -0.766. The topological polar surface area (TPSA) is 82.2 Å². The highest BCUT2D eigenvalue weighted by molar-refractivity contribution is 6.30. The first-order valence-corrected chi connectivity index (χ1v) is 5.21. The van der Waals surface area contributed by atoms with Crippen LogP contribution >= 0.6 is 11.6 Å². The number of amides is 1. The van der Waals surface area contributed by atoms with Gasteiger partial charge in [-0.1, -0.05) is 11.6 Å². The van der Waals surface area contributed by atoms with E-state index in [0.717, 1.165) is 11.3 Å². The second kappa shape index (κ2) is 5.72. The average Bonchev–Trinajstić information content (AvgIpc) is 2.43. The first kappa shape index (κ1) is 12.8. The van der Waals surface area contributed by atoms with Gasteiger partial charge < -0.3 is 15.8 Å². The summed E-state index contributed by atoms with van der Waals surface area (Å²) in [6, 6.07) is 0. The summed E-state index contributed by atoms with van der Waals surface area (Å²) in [7, 11) is 1.79. The van der Waals surface area contributed by atoms with Gasteiger partial charge >= 0.3 is 6.09 Å². The van der Waals surface area contributed by atoms with Crippen LogP contribution in [0, 0.1) is 6.92 Å². The van der Waals surface area contributed by atoms with Crippen molar-refractivity contribution in [3.8, 4) is 0 Å². The van der Waals surface area contributed by atoms with Gasteiger partial charge in [-0.05, 0) is 6.92 Å². The quantitative estimate of drug-likeness (QED) is 0.744. The summed E-state index contributed by atoms with van der Waals surface area (Å²) in [4.78, 5) is 10.3. The molecule has 16 heavy (non-hydrogen) atoms. The Morgan fingerprint density at radius 3 is 2.88 bits per heavy atom. The number of primary amides is 1. The molecule has 0 radical (unpaired) electrons. The molecule has 3 N–H and O–H groups in total. The Hall–Kier alpha value is -1.27. The van der Waals surface area contributed by atoms with Gasteiger partial charge in [0.2, 0.25) is 0 Å². The van der Waals surface area contributed by atoms with E-state index >= 15 is 0 Å². The number of aryl methyl sites for hydroxylation is 2. The van der Waals surface area contributed by atoms with Gasteiger partial charge in [0.25, 0.3) is 0 Å². The molecule has 1 rings (SSSR count).